The first kappa shape index (κ1) is 13.1. The van der Waals surface area contributed by atoms with Crippen LogP contribution >= 0.6 is 23.1 Å². The summed E-state index contributed by atoms with van der Waals surface area (Å²) in [4.78, 5) is 14.7. The number of rotatable bonds is 6. The second kappa shape index (κ2) is 5.98. The van der Waals surface area contributed by atoms with Crippen LogP contribution in [0.3, 0.4) is 0 Å². The van der Waals surface area contributed by atoms with Gasteiger partial charge in [-0.2, -0.15) is 16.3 Å². The Morgan fingerprint density at radius 2 is 2.50 bits per heavy atom. The molecule has 0 saturated carbocycles. The molecule has 0 radical (unpaired) electrons. The van der Waals surface area contributed by atoms with Crippen LogP contribution in [-0.4, -0.2) is 33.0 Å². The molecule has 96 valence electrons. The van der Waals surface area contributed by atoms with Crippen molar-refractivity contribution in [1.29, 1.82) is 0 Å². The molecule has 2 aromatic rings. The zero-order valence-electron chi connectivity index (χ0n) is 9.28. The van der Waals surface area contributed by atoms with E-state index in [0.29, 0.717) is 23.2 Å². The van der Waals surface area contributed by atoms with Gasteiger partial charge in [0.1, 0.15) is 6.04 Å². The lowest BCUT2D eigenvalue weighted by molar-refractivity contribution is -0.137. The van der Waals surface area contributed by atoms with E-state index in [1.165, 1.54) is 11.8 Å². The van der Waals surface area contributed by atoms with Gasteiger partial charge >= 0.3 is 5.97 Å². The number of thioether (sulfide) groups is 1. The highest BCUT2D eigenvalue weighted by atomic mass is 32.2. The van der Waals surface area contributed by atoms with Gasteiger partial charge in [-0.25, -0.2) is 0 Å². The van der Waals surface area contributed by atoms with Gasteiger partial charge in [-0.05, 0) is 11.4 Å². The molecule has 0 aliphatic carbocycles. The van der Waals surface area contributed by atoms with Crippen molar-refractivity contribution in [1.82, 2.24) is 10.1 Å². The van der Waals surface area contributed by atoms with E-state index >= 15 is 0 Å². The van der Waals surface area contributed by atoms with Gasteiger partial charge in [-0.3, -0.25) is 4.79 Å². The Morgan fingerprint density at radius 1 is 1.67 bits per heavy atom. The zero-order chi connectivity index (χ0) is 13.0. The van der Waals surface area contributed by atoms with Gasteiger partial charge in [0.15, 0.2) is 0 Å². The molecule has 0 aliphatic heterocycles. The Kier molecular flexibility index (Phi) is 4.34. The van der Waals surface area contributed by atoms with E-state index in [2.05, 4.69) is 10.1 Å². The first-order chi connectivity index (χ1) is 8.66. The molecule has 3 N–H and O–H groups in total. The zero-order valence-corrected chi connectivity index (χ0v) is 10.9. The van der Waals surface area contributed by atoms with Crippen LogP contribution in [0.2, 0.25) is 0 Å². The summed E-state index contributed by atoms with van der Waals surface area (Å²) >= 11 is 2.91. The summed E-state index contributed by atoms with van der Waals surface area (Å²) in [7, 11) is 0. The maximum atomic E-state index is 10.5. The van der Waals surface area contributed by atoms with Crippen LogP contribution in [0.4, 0.5) is 0 Å². The predicted molar refractivity (Wildman–Crippen MR) is 69.4 cm³/mol. The SMILES string of the molecule is N[C@H](CSCc1nc(-c2ccsc2)no1)C(=O)O. The Hall–Kier alpha value is -1.38. The van der Waals surface area contributed by atoms with Gasteiger partial charge in [-0.1, -0.05) is 5.16 Å². The second-order valence-electron chi connectivity index (χ2n) is 3.48. The van der Waals surface area contributed by atoms with E-state index in [4.69, 9.17) is 15.4 Å². The maximum absolute atomic E-state index is 10.5. The molecule has 0 aliphatic rings. The summed E-state index contributed by atoms with van der Waals surface area (Å²) in [6, 6.07) is 1.04. The molecule has 2 aromatic heterocycles. The van der Waals surface area contributed by atoms with Gasteiger partial charge in [0, 0.05) is 16.7 Å². The van der Waals surface area contributed by atoms with Gasteiger partial charge in [0.2, 0.25) is 11.7 Å². The Bertz CT molecular complexity index is 512. The monoisotopic (exact) mass is 285 g/mol. The number of nitrogens with zero attached hydrogens (tertiary/aromatic N) is 2. The fourth-order valence-electron chi connectivity index (χ4n) is 1.17. The standard InChI is InChI=1S/C10H11N3O3S2/c11-7(10(14)15)4-18-5-8-12-9(13-16-8)6-1-2-17-3-6/h1-3,7H,4-5,11H2,(H,14,15)/t7-/m1/s1. The fraction of sp³-hybridized carbons (Fsp3) is 0.300. The number of carboxylic acids is 1. The van der Waals surface area contributed by atoms with Crippen molar-refractivity contribution in [2.75, 3.05) is 5.75 Å². The van der Waals surface area contributed by atoms with E-state index in [9.17, 15) is 4.79 Å². The molecule has 0 spiro atoms. The third-order valence-corrected chi connectivity index (χ3v) is 3.82. The van der Waals surface area contributed by atoms with Crippen molar-refractivity contribution in [2.45, 2.75) is 11.8 Å². The molecule has 18 heavy (non-hydrogen) atoms. The quantitative estimate of drug-likeness (QED) is 0.827. The van der Waals surface area contributed by atoms with Gasteiger partial charge in [-0.15, -0.1) is 11.8 Å². The number of hydrogen-bond donors (Lipinski definition) is 2. The van der Waals surface area contributed by atoms with Crippen LogP contribution in [-0.2, 0) is 10.5 Å². The lowest BCUT2D eigenvalue weighted by Gasteiger charge is -2.03. The lowest BCUT2D eigenvalue weighted by Crippen LogP contribution is -2.32. The molecular formula is C10H11N3O3S2. The van der Waals surface area contributed by atoms with Crippen LogP contribution < -0.4 is 5.73 Å². The van der Waals surface area contributed by atoms with E-state index in [1.807, 2.05) is 16.8 Å². The highest BCUT2D eigenvalue weighted by Gasteiger charge is 2.13. The average Bonchev–Trinajstić information content (AvgIpc) is 2.98. The Labute approximate surface area is 111 Å². The van der Waals surface area contributed by atoms with Crippen LogP contribution in [0.1, 0.15) is 5.89 Å². The molecule has 0 unspecified atom stereocenters. The van der Waals surface area contributed by atoms with Crippen molar-refractivity contribution < 1.29 is 14.4 Å². The van der Waals surface area contributed by atoms with Gasteiger partial charge < -0.3 is 15.4 Å². The normalized spacial score (nSPS) is 12.5. The third-order valence-electron chi connectivity index (χ3n) is 2.09. The second-order valence-corrected chi connectivity index (χ2v) is 5.29. The van der Waals surface area contributed by atoms with E-state index in [-0.39, 0.29) is 0 Å². The van der Waals surface area contributed by atoms with E-state index in [1.54, 1.807) is 11.3 Å². The van der Waals surface area contributed by atoms with Crippen LogP contribution in [0.15, 0.2) is 21.3 Å². The predicted octanol–water partition coefficient (Wildman–Crippen LogP) is 1.44. The van der Waals surface area contributed by atoms with E-state index < -0.39 is 12.0 Å². The topological polar surface area (TPSA) is 102 Å². The molecule has 2 rings (SSSR count). The number of aliphatic carboxylic acids is 1. The van der Waals surface area contributed by atoms with Crippen molar-refractivity contribution in [3.05, 3.63) is 22.7 Å². The molecular weight excluding hydrogens is 274 g/mol. The highest BCUT2D eigenvalue weighted by Crippen LogP contribution is 2.20. The molecule has 0 bridgehead atoms. The summed E-state index contributed by atoms with van der Waals surface area (Å²) in [5.74, 6) is 0.782. The molecule has 0 saturated heterocycles. The van der Waals surface area contributed by atoms with Crippen molar-refractivity contribution >= 4 is 29.1 Å². The average molecular weight is 285 g/mol. The fourth-order valence-corrected chi connectivity index (χ4v) is 2.61. The summed E-state index contributed by atoms with van der Waals surface area (Å²) in [6.07, 6.45) is 0. The third kappa shape index (κ3) is 3.31. The highest BCUT2D eigenvalue weighted by molar-refractivity contribution is 7.98. The number of thiophene rings is 1. The smallest absolute Gasteiger partial charge is 0.321 e. The molecule has 2 heterocycles. The Balaban J connectivity index is 1.86. The summed E-state index contributed by atoms with van der Waals surface area (Å²) in [5, 5.41) is 16.3. The van der Waals surface area contributed by atoms with Crippen molar-refractivity contribution in [2.24, 2.45) is 5.73 Å². The van der Waals surface area contributed by atoms with Gasteiger partial charge in [0.05, 0.1) is 5.75 Å². The van der Waals surface area contributed by atoms with Crippen LogP contribution in [0, 0.1) is 0 Å². The summed E-state index contributed by atoms with van der Waals surface area (Å²) in [6.45, 7) is 0. The number of carbonyl (C=O) groups is 1. The molecule has 0 aromatic carbocycles. The molecule has 0 amide bonds. The minimum Gasteiger partial charge on any atom is -0.480 e. The van der Waals surface area contributed by atoms with Crippen molar-refractivity contribution in [3.8, 4) is 11.4 Å². The lowest BCUT2D eigenvalue weighted by atomic mass is 10.3. The number of hydrogen-bond acceptors (Lipinski definition) is 7. The Morgan fingerprint density at radius 3 is 3.17 bits per heavy atom. The number of nitrogens with two attached hydrogens (primary N) is 1. The van der Waals surface area contributed by atoms with Crippen LogP contribution in [0.25, 0.3) is 11.4 Å². The minimum absolute atomic E-state index is 0.311. The number of carboxylic acid groups (broad SMARTS) is 1. The van der Waals surface area contributed by atoms with Crippen LogP contribution in [0.5, 0.6) is 0 Å². The first-order valence-corrected chi connectivity index (χ1v) is 7.18. The van der Waals surface area contributed by atoms with E-state index in [0.717, 1.165) is 5.56 Å². The molecule has 6 nitrogen and oxygen atoms in total. The number of aromatic nitrogens is 2. The minimum atomic E-state index is -1.01. The molecule has 1 atom stereocenters. The summed E-state index contributed by atoms with van der Waals surface area (Å²) < 4.78 is 5.07. The molecule has 0 fully saturated rings. The first-order valence-electron chi connectivity index (χ1n) is 5.08. The van der Waals surface area contributed by atoms with Crippen molar-refractivity contribution in [3.63, 3.8) is 0 Å². The summed E-state index contributed by atoms with van der Waals surface area (Å²) in [5.41, 5.74) is 6.30. The van der Waals surface area contributed by atoms with Gasteiger partial charge in [0.25, 0.3) is 0 Å². The largest absolute Gasteiger partial charge is 0.480 e. The maximum Gasteiger partial charge on any atom is 0.321 e. The molecule has 8 heteroatoms.